The van der Waals surface area contributed by atoms with Gasteiger partial charge in [-0.25, -0.2) is 0 Å². The molecular formula is C10H15B2N5O4. The Morgan fingerprint density at radius 3 is 2.95 bits per heavy atom. The third-order valence-corrected chi connectivity index (χ3v) is 2.56. The normalized spacial score (nSPS) is 11.9. The zero-order chi connectivity index (χ0) is 15.8. The van der Waals surface area contributed by atoms with Crippen molar-refractivity contribution in [1.29, 1.82) is 0 Å². The fourth-order valence-electron chi connectivity index (χ4n) is 1.53. The Hall–Kier alpha value is -2.29. The number of rotatable bonds is 8. The van der Waals surface area contributed by atoms with E-state index >= 15 is 0 Å². The topological polar surface area (TPSA) is 140 Å². The molecule has 4 N–H and O–H groups in total. The Morgan fingerprint density at radius 1 is 1.71 bits per heavy atom. The van der Waals surface area contributed by atoms with Gasteiger partial charge in [-0.2, -0.15) is 0 Å². The van der Waals surface area contributed by atoms with Gasteiger partial charge >= 0.3 is 121 Å². The number of amides is 2. The molecule has 1 heterocycles. The fourth-order valence-corrected chi connectivity index (χ4v) is 1.53. The van der Waals surface area contributed by atoms with E-state index in [0.717, 1.165) is 6.11 Å². The third kappa shape index (κ3) is 5.69. The Kier molecular flexibility index (Phi) is 6.46. The van der Waals surface area contributed by atoms with E-state index in [2.05, 4.69) is 15.3 Å². The molecule has 11 heteroatoms. The molecule has 1 aromatic heterocycles. The van der Waals surface area contributed by atoms with Crippen LogP contribution >= 0.6 is 0 Å². The van der Waals surface area contributed by atoms with Crippen LogP contribution in [0.1, 0.15) is 5.69 Å². The fraction of sp³-hybridized carbons (Fsp3) is 0.400. The van der Waals surface area contributed by atoms with Crippen molar-refractivity contribution in [1.82, 2.24) is 14.8 Å². The van der Waals surface area contributed by atoms with Crippen molar-refractivity contribution in [2.75, 3.05) is 6.54 Å². The molecule has 1 unspecified atom stereocenters. The van der Waals surface area contributed by atoms with Crippen LogP contribution in [0.4, 0.5) is 0 Å². The van der Waals surface area contributed by atoms with Crippen molar-refractivity contribution >= 4 is 32.1 Å². The molecule has 0 aliphatic rings. The molecule has 1 aromatic rings. The second-order valence-electron chi connectivity index (χ2n) is 4.28. The van der Waals surface area contributed by atoms with Crippen LogP contribution in [0, 0.1) is 0 Å². The Labute approximate surface area is 122 Å². The first-order chi connectivity index (χ1) is 9.93. The van der Waals surface area contributed by atoms with Crippen molar-refractivity contribution in [3.05, 3.63) is 18.2 Å². The van der Waals surface area contributed by atoms with E-state index in [1.807, 2.05) is 0 Å². The summed E-state index contributed by atoms with van der Waals surface area (Å²) >= 11 is 0. The van der Waals surface area contributed by atoms with Crippen molar-refractivity contribution in [3.8, 4) is 0 Å². The number of aromatic nitrogens is 2. The Morgan fingerprint density at radius 2 is 2.43 bits per heavy atom. The molecule has 1 atom stereocenters. The molecule has 9 nitrogen and oxygen atoms in total. The van der Waals surface area contributed by atoms with Gasteiger partial charge in [0, 0.05) is 0 Å². The quantitative estimate of drug-likeness (QED) is 0.357. The molecule has 21 heavy (non-hydrogen) atoms. The molecule has 0 aliphatic carbocycles. The average molecular weight is 291 g/mol. The van der Waals surface area contributed by atoms with Gasteiger partial charge in [-0.3, -0.25) is 0 Å². The van der Waals surface area contributed by atoms with E-state index in [4.69, 9.17) is 5.73 Å². The minimum absolute atomic E-state index is 0.120. The van der Waals surface area contributed by atoms with Crippen LogP contribution in [0.5, 0.6) is 0 Å². The van der Waals surface area contributed by atoms with Crippen molar-refractivity contribution in [2.45, 2.75) is 19.3 Å². The molecule has 1 rings (SSSR count). The van der Waals surface area contributed by atoms with E-state index in [1.165, 1.54) is 10.8 Å². The Bertz CT molecular complexity index is 545. The summed E-state index contributed by atoms with van der Waals surface area (Å²) in [5.41, 5.74) is 5.45. The van der Waals surface area contributed by atoms with Gasteiger partial charge < -0.3 is 0 Å². The predicted molar refractivity (Wildman–Crippen MR) is 76.1 cm³/mol. The van der Waals surface area contributed by atoms with Crippen molar-refractivity contribution in [2.24, 2.45) is 10.7 Å². The van der Waals surface area contributed by atoms with Gasteiger partial charge in [-0.1, -0.05) is 0 Å². The molecule has 0 aliphatic heterocycles. The maximum absolute atomic E-state index is 11.9. The zero-order valence-electron chi connectivity index (χ0n) is 11.5. The van der Waals surface area contributed by atoms with E-state index in [-0.39, 0.29) is 13.0 Å². The van der Waals surface area contributed by atoms with Crippen LogP contribution in [-0.4, -0.2) is 59.2 Å². The third-order valence-electron chi connectivity index (χ3n) is 2.56. The summed E-state index contributed by atoms with van der Waals surface area (Å²) in [5, 5.41) is 11.7. The zero-order valence-corrected chi connectivity index (χ0v) is 11.5. The molecule has 110 valence electrons. The van der Waals surface area contributed by atoms with Crippen LogP contribution in [0.15, 0.2) is 17.5 Å². The van der Waals surface area contributed by atoms with Gasteiger partial charge in [-0.15, -0.1) is 0 Å². The number of nitrogens with two attached hydrogens (primary N) is 1. The summed E-state index contributed by atoms with van der Waals surface area (Å²) in [5.74, 6) is -1.22. The summed E-state index contributed by atoms with van der Waals surface area (Å²) in [6.07, 6.45) is 4.06. The molecule has 0 radical (unpaired) electrons. The second-order valence-corrected chi connectivity index (χ2v) is 4.28. The van der Waals surface area contributed by atoms with Gasteiger partial charge in [0.2, 0.25) is 0 Å². The van der Waals surface area contributed by atoms with Crippen molar-refractivity contribution < 1.29 is 19.3 Å². The molecule has 2 amide bonds. The number of hydrogen-bond acceptors (Lipinski definition) is 6. The molecule has 0 aromatic carbocycles. The van der Waals surface area contributed by atoms with Crippen LogP contribution < -0.4 is 11.1 Å². The molecular weight excluding hydrogens is 276 g/mol. The molecule has 0 bridgehead atoms. The maximum atomic E-state index is 11.9. The van der Waals surface area contributed by atoms with E-state index in [0.29, 0.717) is 12.8 Å². The van der Waals surface area contributed by atoms with E-state index < -0.39 is 24.9 Å². The van der Waals surface area contributed by atoms with E-state index in [9.17, 15) is 19.3 Å². The summed E-state index contributed by atoms with van der Waals surface area (Å²) in [4.78, 5) is 30.3. The van der Waals surface area contributed by atoms with Gasteiger partial charge in [0.15, 0.2) is 0 Å². The standard InChI is InChI=1S/C10H15B2N5O4/c1-12(21)17-4-7(16-6-17)2-8(15-5-11-20)10(19)14-3-9(13)18/h4-6,8,21H,2-3H2,1H3,(H2,13,18)(H,14,19). The van der Waals surface area contributed by atoms with Crippen LogP contribution in [0.2, 0.25) is 6.82 Å². The first kappa shape index (κ1) is 16.8. The van der Waals surface area contributed by atoms with Gasteiger partial charge in [-0.05, 0) is 0 Å². The number of hydrogen-bond donors (Lipinski definition) is 3. The van der Waals surface area contributed by atoms with Crippen LogP contribution in [0.3, 0.4) is 0 Å². The molecule has 0 saturated heterocycles. The molecule has 0 saturated carbocycles. The first-order valence-corrected chi connectivity index (χ1v) is 6.17. The number of primary amides is 1. The Balaban J connectivity index is 2.76. The predicted octanol–water partition coefficient (Wildman–Crippen LogP) is -2.57. The monoisotopic (exact) mass is 291 g/mol. The van der Waals surface area contributed by atoms with Gasteiger partial charge in [0.1, 0.15) is 0 Å². The number of carbonyl (C=O) groups is 2. The number of imidazole rings is 1. The number of nitrogens with one attached hydrogen (secondary N) is 1. The number of aliphatic imine (C=N–C) groups is 1. The SMILES string of the molecule is CB(O)n1cnc(CC(N=CB=O)C(=O)NCC(N)=O)c1. The van der Waals surface area contributed by atoms with Gasteiger partial charge in [0.05, 0.1) is 0 Å². The number of nitrogens with zero attached hydrogens (tertiary/aromatic N) is 3. The molecule has 0 fully saturated rings. The van der Waals surface area contributed by atoms with E-state index in [1.54, 1.807) is 13.0 Å². The summed E-state index contributed by atoms with van der Waals surface area (Å²) in [6.45, 7) is 1.25. The van der Waals surface area contributed by atoms with Crippen molar-refractivity contribution in [3.63, 3.8) is 0 Å². The summed E-state index contributed by atoms with van der Waals surface area (Å²) in [6, 6.07) is -0.910. The summed E-state index contributed by atoms with van der Waals surface area (Å²) < 4.78 is 11.8. The molecule has 0 spiro atoms. The average Bonchev–Trinajstić information content (AvgIpc) is 2.89. The van der Waals surface area contributed by atoms with Crippen LogP contribution in [-0.2, 0) is 20.7 Å². The van der Waals surface area contributed by atoms with Crippen LogP contribution in [0.25, 0.3) is 0 Å². The minimum atomic E-state index is -0.910. The van der Waals surface area contributed by atoms with Gasteiger partial charge in [0.25, 0.3) is 0 Å². The second kappa shape index (κ2) is 8.10. The first-order valence-electron chi connectivity index (χ1n) is 6.17. The summed E-state index contributed by atoms with van der Waals surface area (Å²) in [7, 11) is -0.296. The number of carbonyl (C=O) groups excluding carboxylic acids is 2.